The molecule has 4 rings (SSSR count). The van der Waals surface area contributed by atoms with Crippen molar-refractivity contribution < 1.29 is 19.4 Å². The van der Waals surface area contributed by atoms with Crippen LogP contribution < -0.4 is 0 Å². The third-order valence-corrected chi connectivity index (χ3v) is 8.67. The average molecular weight is 348 g/mol. The highest BCUT2D eigenvalue weighted by molar-refractivity contribution is 5.86. The van der Waals surface area contributed by atoms with Crippen molar-refractivity contribution in [3.8, 4) is 0 Å². The van der Waals surface area contributed by atoms with E-state index in [0.29, 0.717) is 18.3 Å². The summed E-state index contributed by atoms with van der Waals surface area (Å²) in [5.41, 5.74) is 0.0811. The lowest BCUT2D eigenvalue weighted by molar-refractivity contribution is -0.274. The molecule has 0 bridgehead atoms. The SMILES string of the molecule is COC12CC3C(CCC4(O)C(C)(C)CCCC34C)C(C)C1=CC(=O)O2. The van der Waals surface area contributed by atoms with Gasteiger partial charge in [-0.05, 0) is 48.9 Å². The zero-order valence-electron chi connectivity index (χ0n) is 16.2. The van der Waals surface area contributed by atoms with Gasteiger partial charge in [-0.2, -0.15) is 0 Å². The van der Waals surface area contributed by atoms with Crippen LogP contribution >= 0.6 is 0 Å². The van der Waals surface area contributed by atoms with E-state index in [0.717, 1.165) is 37.7 Å². The number of carbonyl (C=O) groups excluding carboxylic acids is 1. The normalized spacial score (nSPS) is 51.0. The highest BCUT2D eigenvalue weighted by Crippen LogP contribution is 2.68. The van der Waals surface area contributed by atoms with Crippen LogP contribution in [0.4, 0.5) is 0 Å². The van der Waals surface area contributed by atoms with E-state index in [2.05, 4.69) is 27.7 Å². The van der Waals surface area contributed by atoms with Gasteiger partial charge in [0.25, 0.3) is 0 Å². The lowest BCUT2D eigenvalue weighted by atomic mass is 9.41. The second-order valence-corrected chi connectivity index (χ2v) is 9.79. The number of esters is 1. The first-order valence-electron chi connectivity index (χ1n) is 9.83. The van der Waals surface area contributed by atoms with E-state index < -0.39 is 11.4 Å². The summed E-state index contributed by atoms with van der Waals surface area (Å²) in [6, 6.07) is 0. The minimum Gasteiger partial charge on any atom is -0.426 e. The third-order valence-electron chi connectivity index (χ3n) is 8.67. The molecule has 6 atom stereocenters. The molecule has 0 amide bonds. The molecule has 0 aromatic carbocycles. The van der Waals surface area contributed by atoms with Crippen LogP contribution in [0.15, 0.2) is 11.6 Å². The number of rotatable bonds is 1. The van der Waals surface area contributed by atoms with Crippen molar-refractivity contribution in [2.75, 3.05) is 7.11 Å². The Morgan fingerprint density at radius 2 is 1.96 bits per heavy atom. The minimum atomic E-state index is -0.916. The van der Waals surface area contributed by atoms with Crippen LogP contribution in [0.5, 0.6) is 0 Å². The van der Waals surface area contributed by atoms with Gasteiger partial charge in [-0.1, -0.05) is 34.1 Å². The molecule has 4 heteroatoms. The highest BCUT2D eigenvalue weighted by atomic mass is 16.7. The van der Waals surface area contributed by atoms with Gasteiger partial charge < -0.3 is 14.6 Å². The summed E-state index contributed by atoms with van der Waals surface area (Å²) in [6.07, 6.45) is 7.43. The Kier molecular flexibility index (Phi) is 3.58. The van der Waals surface area contributed by atoms with Crippen LogP contribution in [0.2, 0.25) is 0 Å². The van der Waals surface area contributed by atoms with Crippen LogP contribution in [0.3, 0.4) is 0 Å². The first-order chi connectivity index (χ1) is 11.6. The predicted molar refractivity (Wildman–Crippen MR) is 94.6 cm³/mol. The first kappa shape index (κ1) is 17.5. The lowest BCUT2D eigenvalue weighted by Gasteiger charge is -2.67. The molecule has 0 radical (unpaired) electrons. The summed E-state index contributed by atoms with van der Waals surface area (Å²) in [4.78, 5) is 12.0. The summed E-state index contributed by atoms with van der Waals surface area (Å²) in [5.74, 6) is -0.184. The lowest BCUT2D eigenvalue weighted by Crippen LogP contribution is -2.67. The Morgan fingerprint density at radius 1 is 1.24 bits per heavy atom. The fourth-order valence-corrected chi connectivity index (χ4v) is 7.11. The van der Waals surface area contributed by atoms with Crippen molar-refractivity contribution in [2.24, 2.45) is 28.6 Å². The van der Waals surface area contributed by atoms with Gasteiger partial charge in [0.15, 0.2) is 0 Å². The van der Waals surface area contributed by atoms with Gasteiger partial charge >= 0.3 is 5.97 Å². The van der Waals surface area contributed by atoms with Gasteiger partial charge in [0.2, 0.25) is 5.79 Å². The molecule has 1 heterocycles. The van der Waals surface area contributed by atoms with Crippen molar-refractivity contribution in [1.29, 1.82) is 0 Å². The summed E-state index contributed by atoms with van der Waals surface area (Å²) in [5, 5.41) is 11.9. The second kappa shape index (κ2) is 5.10. The van der Waals surface area contributed by atoms with Gasteiger partial charge in [-0.15, -0.1) is 0 Å². The molecule has 1 N–H and O–H groups in total. The van der Waals surface area contributed by atoms with E-state index in [1.807, 2.05) is 0 Å². The number of fused-ring (bicyclic) bond motifs is 4. The number of carbonyl (C=O) groups is 1. The number of hydrogen-bond donors (Lipinski definition) is 1. The molecule has 0 aromatic rings. The van der Waals surface area contributed by atoms with Crippen LogP contribution in [-0.4, -0.2) is 29.6 Å². The maximum Gasteiger partial charge on any atom is 0.333 e. The van der Waals surface area contributed by atoms with Gasteiger partial charge in [0.05, 0.1) is 5.60 Å². The van der Waals surface area contributed by atoms with Gasteiger partial charge in [0.1, 0.15) is 0 Å². The number of hydrogen-bond acceptors (Lipinski definition) is 4. The monoisotopic (exact) mass is 348 g/mol. The van der Waals surface area contributed by atoms with E-state index >= 15 is 0 Å². The molecule has 25 heavy (non-hydrogen) atoms. The second-order valence-electron chi connectivity index (χ2n) is 9.79. The standard InChI is InChI=1S/C21H32O4/c1-13-14-7-10-21(23)18(2,3)8-6-9-19(21,4)16(14)12-20(24-5)15(13)11-17(22)25-20/h11,13-14,16,23H,6-10,12H2,1-5H3. The topological polar surface area (TPSA) is 55.8 Å². The fraction of sp³-hybridized carbons (Fsp3) is 0.857. The molecule has 3 saturated carbocycles. The van der Waals surface area contributed by atoms with E-state index in [-0.39, 0.29) is 22.7 Å². The Morgan fingerprint density at radius 3 is 2.64 bits per heavy atom. The first-order valence-corrected chi connectivity index (χ1v) is 9.83. The van der Waals surface area contributed by atoms with E-state index in [9.17, 15) is 9.90 Å². The number of methoxy groups -OCH3 is 1. The Hall–Kier alpha value is -0.870. The zero-order chi connectivity index (χ0) is 18.3. The van der Waals surface area contributed by atoms with Crippen molar-refractivity contribution in [3.05, 3.63) is 11.6 Å². The molecule has 4 nitrogen and oxygen atoms in total. The van der Waals surface area contributed by atoms with Crippen LogP contribution in [-0.2, 0) is 14.3 Å². The summed E-state index contributed by atoms with van der Waals surface area (Å²) in [6.45, 7) is 8.94. The van der Waals surface area contributed by atoms with Gasteiger partial charge in [-0.3, -0.25) is 0 Å². The zero-order valence-corrected chi connectivity index (χ0v) is 16.2. The minimum absolute atomic E-state index is 0.0864. The molecule has 3 fully saturated rings. The number of aliphatic hydroxyl groups is 1. The maximum absolute atomic E-state index is 12.0. The third kappa shape index (κ3) is 1.98. The molecule has 4 aliphatic rings. The molecule has 0 aromatic heterocycles. The van der Waals surface area contributed by atoms with E-state index in [1.165, 1.54) is 0 Å². The van der Waals surface area contributed by atoms with Crippen molar-refractivity contribution in [2.45, 2.75) is 77.6 Å². The Bertz CT molecular complexity index is 638. The molecule has 140 valence electrons. The van der Waals surface area contributed by atoms with Crippen LogP contribution in [0, 0.1) is 28.6 Å². The van der Waals surface area contributed by atoms with E-state index in [1.54, 1.807) is 13.2 Å². The van der Waals surface area contributed by atoms with Crippen molar-refractivity contribution >= 4 is 5.97 Å². The molecule has 0 spiro atoms. The molecular formula is C21H32O4. The van der Waals surface area contributed by atoms with E-state index in [4.69, 9.17) is 9.47 Å². The molecular weight excluding hydrogens is 316 g/mol. The molecule has 1 aliphatic heterocycles. The Labute approximate surface area is 151 Å². The van der Waals surface area contributed by atoms with Crippen molar-refractivity contribution in [1.82, 2.24) is 0 Å². The Balaban J connectivity index is 1.80. The highest BCUT2D eigenvalue weighted by Gasteiger charge is 2.68. The summed E-state index contributed by atoms with van der Waals surface area (Å²) >= 11 is 0. The molecule has 3 aliphatic carbocycles. The summed E-state index contributed by atoms with van der Waals surface area (Å²) < 4.78 is 11.5. The smallest absolute Gasteiger partial charge is 0.333 e. The quantitative estimate of drug-likeness (QED) is 0.732. The molecule has 0 saturated heterocycles. The fourth-order valence-electron chi connectivity index (χ4n) is 7.11. The van der Waals surface area contributed by atoms with Crippen molar-refractivity contribution in [3.63, 3.8) is 0 Å². The van der Waals surface area contributed by atoms with Crippen LogP contribution in [0.25, 0.3) is 0 Å². The molecule has 6 unspecified atom stereocenters. The summed E-state index contributed by atoms with van der Waals surface area (Å²) in [7, 11) is 1.64. The van der Waals surface area contributed by atoms with Gasteiger partial charge in [0, 0.05) is 30.6 Å². The largest absolute Gasteiger partial charge is 0.426 e. The average Bonchev–Trinajstić information content (AvgIpc) is 2.88. The van der Waals surface area contributed by atoms with Crippen LogP contribution in [0.1, 0.15) is 66.2 Å². The van der Waals surface area contributed by atoms with Gasteiger partial charge in [-0.25, -0.2) is 4.79 Å². The predicted octanol–water partition coefficient (Wildman–Crippen LogP) is 3.83. The maximum atomic E-state index is 12.0. The number of ether oxygens (including phenoxy) is 2.